The van der Waals surface area contributed by atoms with Crippen molar-refractivity contribution in [2.75, 3.05) is 20.3 Å². The molecule has 2 amide bonds. The molecule has 172 valence electrons. The van der Waals surface area contributed by atoms with Gasteiger partial charge in [0.25, 0.3) is 5.91 Å². The number of halogens is 1. The number of carbonyl (C=O) groups is 2. The number of nitrogens with two attached hydrogens (primary N) is 1. The molecule has 3 rings (SSSR count). The number of rotatable bonds is 10. The zero-order valence-corrected chi connectivity index (χ0v) is 18.2. The van der Waals surface area contributed by atoms with E-state index in [9.17, 15) is 14.0 Å². The lowest BCUT2D eigenvalue weighted by Gasteiger charge is -2.23. The van der Waals surface area contributed by atoms with E-state index >= 15 is 0 Å². The molecule has 0 atom stereocenters. The summed E-state index contributed by atoms with van der Waals surface area (Å²) in [7, 11) is 1.53. The van der Waals surface area contributed by atoms with Crippen LogP contribution in [0.4, 0.5) is 9.18 Å². The smallest absolute Gasteiger partial charge is 0.404 e. The Labute approximate surface area is 191 Å². The zero-order chi connectivity index (χ0) is 23.6. The molecule has 0 aromatic heterocycles. The van der Waals surface area contributed by atoms with E-state index in [1.165, 1.54) is 19.2 Å². The Morgan fingerprint density at radius 3 is 2.30 bits per heavy atom. The van der Waals surface area contributed by atoms with Gasteiger partial charge in [0.1, 0.15) is 19.0 Å². The van der Waals surface area contributed by atoms with Gasteiger partial charge in [0.05, 0.1) is 13.7 Å². The molecular formula is C25H25FN2O5. The van der Waals surface area contributed by atoms with Gasteiger partial charge >= 0.3 is 6.09 Å². The minimum absolute atomic E-state index is 0.0239. The molecule has 3 aromatic carbocycles. The molecule has 2 N–H and O–H groups in total. The lowest BCUT2D eigenvalue weighted by molar-refractivity contribution is 0.0688. The fourth-order valence-corrected chi connectivity index (χ4v) is 3.16. The third-order valence-corrected chi connectivity index (χ3v) is 4.82. The van der Waals surface area contributed by atoms with Crippen LogP contribution in [0.2, 0.25) is 0 Å². The monoisotopic (exact) mass is 452 g/mol. The van der Waals surface area contributed by atoms with E-state index in [0.717, 1.165) is 11.1 Å². The van der Waals surface area contributed by atoms with Gasteiger partial charge in [-0.25, -0.2) is 9.18 Å². The van der Waals surface area contributed by atoms with Crippen LogP contribution in [0.3, 0.4) is 0 Å². The number of benzene rings is 3. The van der Waals surface area contributed by atoms with Crippen LogP contribution in [0, 0.1) is 5.82 Å². The fraction of sp³-hybridized carbons (Fsp3) is 0.200. The highest BCUT2D eigenvalue weighted by molar-refractivity contribution is 5.94. The zero-order valence-electron chi connectivity index (χ0n) is 18.2. The van der Waals surface area contributed by atoms with Crippen LogP contribution < -0.4 is 15.2 Å². The molecule has 0 aliphatic heterocycles. The van der Waals surface area contributed by atoms with Crippen LogP contribution in [0.15, 0.2) is 72.8 Å². The van der Waals surface area contributed by atoms with Crippen molar-refractivity contribution in [3.05, 3.63) is 95.3 Å². The number of hydrogen-bond acceptors (Lipinski definition) is 5. The minimum Gasteiger partial charge on any atom is -0.493 e. The van der Waals surface area contributed by atoms with E-state index in [0.29, 0.717) is 17.1 Å². The lowest BCUT2D eigenvalue weighted by Crippen LogP contribution is -2.34. The maximum Gasteiger partial charge on any atom is 0.404 e. The predicted octanol–water partition coefficient (Wildman–Crippen LogP) is 4.15. The maximum atomic E-state index is 13.1. The quantitative estimate of drug-likeness (QED) is 0.499. The molecular weight excluding hydrogens is 427 g/mol. The van der Waals surface area contributed by atoms with Crippen molar-refractivity contribution in [3.63, 3.8) is 0 Å². The number of nitrogens with zero attached hydrogens (tertiary/aromatic N) is 1. The van der Waals surface area contributed by atoms with Crippen LogP contribution in [0.1, 0.15) is 21.5 Å². The first-order chi connectivity index (χ1) is 16.0. The van der Waals surface area contributed by atoms with Crippen molar-refractivity contribution in [3.8, 4) is 11.5 Å². The van der Waals surface area contributed by atoms with Crippen LogP contribution in [0.5, 0.6) is 11.5 Å². The van der Waals surface area contributed by atoms with E-state index < -0.39 is 6.09 Å². The summed E-state index contributed by atoms with van der Waals surface area (Å²) < 4.78 is 29.2. The summed E-state index contributed by atoms with van der Waals surface area (Å²) in [6.07, 6.45) is -0.897. The molecule has 0 unspecified atom stereocenters. The first-order valence-electron chi connectivity index (χ1n) is 10.3. The van der Waals surface area contributed by atoms with E-state index in [4.69, 9.17) is 19.9 Å². The van der Waals surface area contributed by atoms with Crippen molar-refractivity contribution in [1.82, 2.24) is 4.90 Å². The number of ether oxygens (including phenoxy) is 3. The Morgan fingerprint density at radius 2 is 1.64 bits per heavy atom. The van der Waals surface area contributed by atoms with Crippen LogP contribution in [0.25, 0.3) is 0 Å². The largest absolute Gasteiger partial charge is 0.493 e. The van der Waals surface area contributed by atoms with Gasteiger partial charge in [-0.1, -0.05) is 36.4 Å². The number of methoxy groups -OCH3 is 1. The number of primary amides is 1. The second kappa shape index (κ2) is 11.5. The molecule has 0 aliphatic carbocycles. The summed E-state index contributed by atoms with van der Waals surface area (Å²) >= 11 is 0. The molecule has 7 nitrogen and oxygen atoms in total. The summed E-state index contributed by atoms with van der Waals surface area (Å²) in [5.41, 5.74) is 7.17. The highest BCUT2D eigenvalue weighted by atomic mass is 19.1. The van der Waals surface area contributed by atoms with Crippen molar-refractivity contribution in [2.45, 2.75) is 13.2 Å². The predicted molar refractivity (Wildman–Crippen MR) is 120 cm³/mol. The van der Waals surface area contributed by atoms with Gasteiger partial charge in [0, 0.05) is 12.1 Å². The number of hydrogen-bond donors (Lipinski definition) is 1. The second-order valence-electron chi connectivity index (χ2n) is 7.16. The normalized spacial score (nSPS) is 10.4. The molecule has 8 heteroatoms. The van der Waals surface area contributed by atoms with Crippen LogP contribution in [-0.2, 0) is 17.9 Å². The summed E-state index contributed by atoms with van der Waals surface area (Å²) in [6.45, 7) is 0.648. The Balaban J connectivity index is 1.73. The Morgan fingerprint density at radius 1 is 0.939 bits per heavy atom. The fourth-order valence-electron chi connectivity index (χ4n) is 3.16. The summed E-state index contributed by atoms with van der Waals surface area (Å²) in [6, 6.07) is 20.2. The Hall–Kier alpha value is -4.07. The molecule has 33 heavy (non-hydrogen) atoms. The maximum absolute atomic E-state index is 13.1. The third kappa shape index (κ3) is 6.96. The molecule has 0 aliphatic rings. The third-order valence-electron chi connectivity index (χ3n) is 4.82. The molecule has 3 aromatic rings. The van der Waals surface area contributed by atoms with Gasteiger partial charge in [0.15, 0.2) is 11.5 Å². The molecule has 0 radical (unpaired) electrons. The number of carbonyl (C=O) groups excluding carboxylic acids is 2. The van der Waals surface area contributed by atoms with Crippen molar-refractivity contribution in [2.24, 2.45) is 5.73 Å². The Bertz CT molecular complexity index is 1070. The van der Waals surface area contributed by atoms with Crippen molar-refractivity contribution in [1.29, 1.82) is 0 Å². The van der Waals surface area contributed by atoms with E-state index in [1.54, 1.807) is 53.4 Å². The molecule has 0 spiro atoms. The standard InChI is InChI=1S/C25H25FN2O5/c1-31-23-15-19(9-12-22(23)33-17-18-7-10-21(26)11-8-18)16-28(13-14-32-25(27)30)24(29)20-5-3-2-4-6-20/h2-12,15H,13-14,16-17H2,1H3,(H2,27,30). The van der Waals surface area contributed by atoms with Gasteiger partial charge in [-0.05, 0) is 47.5 Å². The first-order valence-corrected chi connectivity index (χ1v) is 10.3. The average molecular weight is 452 g/mol. The second-order valence-corrected chi connectivity index (χ2v) is 7.16. The van der Waals surface area contributed by atoms with Gasteiger partial charge < -0.3 is 24.8 Å². The molecule has 0 saturated heterocycles. The Kier molecular flexibility index (Phi) is 8.24. The summed E-state index contributed by atoms with van der Waals surface area (Å²) in [4.78, 5) is 25.5. The van der Waals surface area contributed by atoms with Crippen molar-refractivity contribution < 1.29 is 28.2 Å². The first kappa shape index (κ1) is 23.6. The van der Waals surface area contributed by atoms with Gasteiger partial charge in [0.2, 0.25) is 0 Å². The SMILES string of the molecule is COc1cc(CN(CCOC(N)=O)C(=O)c2ccccc2)ccc1OCc1ccc(F)cc1. The minimum atomic E-state index is -0.897. The van der Waals surface area contributed by atoms with Crippen LogP contribution in [-0.4, -0.2) is 37.2 Å². The topological polar surface area (TPSA) is 91.1 Å². The summed E-state index contributed by atoms with van der Waals surface area (Å²) in [5.74, 6) is 0.495. The van der Waals surface area contributed by atoms with E-state index in [-0.39, 0.29) is 38.0 Å². The molecule has 0 heterocycles. The van der Waals surface area contributed by atoms with Gasteiger partial charge in [-0.2, -0.15) is 0 Å². The van der Waals surface area contributed by atoms with Gasteiger partial charge in [-0.3, -0.25) is 4.79 Å². The number of amides is 2. The molecule has 0 saturated carbocycles. The van der Waals surface area contributed by atoms with Gasteiger partial charge in [-0.15, -0.1) is 0 Å². The van der Waals surface area contributed by atoms with E-state index in [1.807, 2.05) is 12.1 Å². The molecule has 0 fully saturated rings. The highest BCUT2D eigenvalue weighted by Gasteiger charge is 2.17. The molecule has 0 bridgehead atoms. The van der Waals surface area contributed by atoms with Crippen molar-refractivity contribution >= 4 is 12.0 Å². The highest BCUT2D eigenvalue weighted by Crippen LogP contribution is 2.29. The van der Waals surface area contributed by atoms with Crippen LogP contribution >= 0.6 is 0 Å². The summed E-state index contributed by atoms with van der Waals surface area (Å²) in [5, 5.41) is 0. The van der Waals surface area contributed by atoms with E-state index in [2.05, 4.69) is 0 Å². The lowest BCUT2D eigenvalue weighted by atomic mass is 10.1. The average Bonchev–Trinajstić information content (AvgIpc) is 2.83.